The van der Waals surface area contributed by atoms with Crippen LogP contribution in [0.15, 0.2) is 46.9 Å². The van der Waals surface area contributed by atoms with Crippen LogP contribution in [0, 0.1) is 5.41 Å². The molecule has 0 aromatic heterocycles. The Kier molecular flexibility index (Phi) is 4.45. The van der Waals surface area contributed by atoms with E-state index >= 15 is 0 Å². The van der Waals surface area contributed by atoms with Crippen LogP contribution in [0.3, 0.4) is 0 Å². The molecule has 5 heteroatoms. The number of amidine groups is 1. The molecule has 3 nitrogen and oxygen atoms in total. The minimum absolute atomic E-state index is 0.0135. The van der Waals surface area contributed by atoms with Gasteiger partial charge in [-0.25, -0.2) is 0 Å². The van der Waals surface area contributed by atoms with Gasteiger partial charge in [0.15, 0.2) is 0 Å². The van der Waals surface area contributed by atoms with Crippen LogP contribution in [0.25, 0.3) is 0 Å². The van der Waals surface area contributed by atoms with Crippen LogP contribution in [0.1, 0.15) is 11.1 Å². The molecule has 0 aliphatic carbocycles. The largest absolute Gasteiger partial charge is 0.487 e. The molecule has 3 N–H and O–H groups in total. The summed E-state index contributed by atoms with van der Waals surface area (Å²) in [7, 11) is 0. The molecule has 0 radical (unpaired) electrons. The molecule has 2 aromatic rings. The highest BCUT2D eigenvalue weighted by molar-refractivity contribution is 9.10. The van der Waals surface area contributed by atoms with E-state index in [1.807, 2.05) is 24.3 Å². The highest BCUT2D eigenvalue weighted by atomic mass is 79.9. The van der Waals surface area contributed by atoms with Gasteiger partial charge in [-0.1, -0.05) is 39.7 Å². The van der Waals surface area contributed by atoms with Gasteiger partial charge in [-0.15, -0.1) is 0 Å². The van der Waals surface area contributed by atoms with Crippen molar-refractivity contribution in [2.45, 2.75) is 6.61 Å². The quantitative estimate of drug-likeness (QED) is 0.654. The summed E-state index contributed by atoms with van der Waals surface area (Å²) < 4.78 is 6.65. The Morgan fingerprint density at radius 3 is 2.68 bits per heavy atom. The lowest BCUT2D eigenvalue weighted by atomic mass is 10.2. The maximum Gasteiger partial charge on any atom is 0.138 e. The van der Waals surface area contributed by atoms with E-state index in [0.29, 0.717) is 22.9 Å². The number of halogens is 2. The Bertz CT molecular complexity index is 616. The van der Waals surface area contributed by atoms with Crippen LogP contribution in [0.5, 0.6) is 5.75 Å². The van der Waals surface area contributed by atoms with Crippen LogP contribution < -0.4 is 10.5 Å². The molecule has 0 bridgehead atoms. The Labute approximate surface area is 125 Å². The zero-order chi connectivity index (χ0) is 13.8. The molecule has 0 heterocycles. The lowest BCUT2D eigenvalue weighted by molar-refractivity contribution is 0.306. The summed E-state index contributed by atoms with van der Waals surface area (Å²) in [6.45, 7) is 0.429. The summed E-state index contributed by atoms with van der Waals surface area (Å²) in [6, 6.07) is 12.9. The summed E-state index contributed by atoms with van der Waals surface area (Å²) in [5, 5.41) is 7.78. The molecule has 0 amide bonds. The normalized spacial score (nSPS) is 10.2. The first-order chi connectivity index (χ1) is 9.06. The summed E-state index contributed by atoms with van der Waals surface area (Å²) >= 11 is 9.49. The van der Waals surface area contributed by atoms with Gasteiger partial charge < -0.3 is 10.5 Å². The molecule has 0 unspecified atom stereocenters. The van der Waals surface area contributed by atoms with Crippen LogP contribution in [0.2, 0.25) is 5.02 Å². The zero-order valence-corrected chi connectivity index (χ0v) is 12.3. The Morgan fingerprint density at radius 2 is 2.05 bits per heavy atom. The number of benzene rings is 2. The Balaban J connectivity index is 2.10. The van der Waals surface area contributed by atoms with E-state index in [2.05, 4.69) is 15.9 Å². The average molecular weight is 340 g/mol. The van der Waals surface area contributed by atoms with Crippen molar-refractivity contribution in [3.05, 3.63) is 63.1 Å². The summed E-state index contributed by atoms with van der Waals surface area (Å²) in [5.74, 6) is 0.562. The first-order valence-electron chi connectivity index (χ1n) is 5.57. The van der Waals surface area contributed by atoms with Gasteiger partial charge >= 0.3 is 0 Å². The molecular formula is C14H12BrClN2O. The molecule has 0 saturated carbocycles. The molecule has 0 aliphatic rings. The van der Waals surface area contributed by atoms with E-state index < -0.39 is 0 Å². The van der Waals surface area contributed by atoms with Gasteiger partial charge in [-0.2, -0.15) is 0 Å². The fourth-order valence-corrected chi connectivity index (χ4v) is 2.26. The second-order valence-electron chi connectivity index (χ2n) is 3.98. The molecule has 0 atom stereocenters. The number of hydrogen-bond donors (Lipinski definition) is 2. The van der Waals surface area contributed by atoms with Crippen molar-refractivity contribution in [1.82, 2.24) is 0 Å². The van der Waals surface area contributed by atoms with Crippen LogP contribution >= 0.6 is 27.5 Å². The van der Waals surface area contributed by atoms with E-state index in [9.17, 15) is 0 Å². The van der Waals surface area contributed by atoms with Crippen molar-refractivity contribution in [3.63, 3.8) is 0 Å². The molecule has 0 saturated heterocycles. The smallest absolute Gasteiger partial charge is 0.138 e. The number of hydrogen-bond acceptors (Lipinski definition) is 2. The van der Waals surface area contributed by atoms with Crippen molar-refractivity contribution in [2.24, 2.45) is 5.73 Å². The number of rotatable bonds is 4. The molecule has 19 heavy (non-hydrogen) atoms. The molecule has 2 aromatic carbocycles. The highest BCUT2D eigenvalue weighted by Crippen LogP contribution is 2.26. The summed E-state index contributed by atoms with van der Waals surface area (Å²) in [4.78, 5) is 0. The average Bonchev–Trinajstić information content (AvgIpc) is 2.37. The lowest BCUT2D eigenvalue weighted by Crippen LogP contribution is -2.10. The van der Waals surface area contributed by atoms with Gasteiger partial charge in [0.1, 0.15) is 18.2 Å². The van der Waals surface area contributed by atoms with Crippen LogP contribution in [-0.4, -0.2) is 5.84 Å². The lowest BCUT2D eigenvalue weighted by Gasteiger charge is -2.09. The molecule has 2 rings (SSSR count). The van der Waals surface area contributed by atoms with Gasteiger partial charge in [0.05, 0.1) is 5.02 Å². The highest BCUT2D eigenvalue weighted by Gasteiger charge is 2.05. The van der Waals surface area contributed by atoms with Gasteiger partial charge in [0, 0.05) is 10.0 Å². The third kappa shape index (κ3) is 3.72. The zero-order valence-electron chi connectivity index (χ0n) is 9.99. The van der Waals surface area contributed by atoms with E-state index in [1.54, 1.807) is 18.2 Å². The SMILES string of the molecule is N=C(N)c1ccc(OCc2cccc(Br)c2)c(Cl)c1. The van der Waals surface area contributed by atoms with Gasteiger partial charge in [-0.05, 0) is 35.9 Å². The maximum atomic E-state index is 7.34. The predicted molar refractivity (Wildman–Crippen MR) is 80.9 cm³/mol. The third-order valence-corrected chi connectivity index (χ3v) is 3.31. The molecular weight excluding hydrogens is 328 g/mol. The second-order valence-corrected chi connectivity index (χ2v) is 5.30. The first kappa shape index (κ1) is 13.9. The number of nitrogens with one attached hydrogen (secondary N) is 1. The fraction of sp³-hybridized carbons (Fsp3) is 0.0714. The molecule has 98 valence electrons. The van der Waals surface area contributed by atoms with E-state index in [4.69, 9.17) is 27.5 Å². The third-order valence-electron chi connectivity index (χ3n) is 2.53. The minimum atomic E-state index is -0.0135. The van der Waals surface area contributed by atoms with E-state index in [-0.39, 0.29) is 5.84 Å². The van der Waals surface area contributed by atoms with Crippen molar-refractivity contribution >= 4 is 33.4 Å². The van der Waals surface area contributed by atoms with E-state index in [0.717, 1.165) is 10.0 Å². The fourth-order valence-electron chi connectivity index (χ4n) is 1.57. The van der Waals surface area contributed by atoms with Crippen molar-refractivity contribution in [3.8, 4) is 5.75 Å². The van der Waals surface area contributed by atoms with Crippen LogP contribution in [0.4, 0.5) is 0 Å². The maximum absolute atomic E-state index is 7.34. The second kappa shape index (κ2) is 6.08. The van der Waals surface area contributed by atoms with Crippen LogP contribution in [-0.2, 0) is 6.61 Å². The van der Waals surface area contributed by atoms with Crippen molar-refractivity contribution in [1.29, 1.82) is 5.41 Å². The summed E-state index contributed by atoms with van der Waals surface area (Å²) in [6.07, 6.45) is 0. The van der Waals surface area contributed by atoms with Gasteiger partial charge in [-0.3, -0.25) is 5.41 Å². The Morgan fingerprint density at radius 1 is 1.26 bits per heavy atom. The monoisotopic (exact) mass is 338 g/mol. The van der Waals surface area contributed by atoms with E-state index in [1.165, 1.54) is 0 Å². The number of nitrogen functional groups attached to an aromatic ring is 1. The topological polar surface area (TPSA) is 59.1 Å². The van der Waals surface area contributed by atoms with Crippen molar-refractivity contribution in [2.75, 3.05) is 0 Å². The summed E-state index contributed by atoms with van der Waals surface area (Å²) in [5.41, 5.74) is 7.02. The molecule has 0 spiro atoms. The van der Waals surface area contributed by atoms with Gasteiger partial charge in [0.2, 0.25) is 0 Å². The predicted octanol–water partition coefficient (Wildman–Crippen LogP) is 3.97. The molecule has 0 aliphatic heterocycles. The first-order valence-corrected chi connectivity index (χ1v) is 6.74. The van der Waals surface area contributed by atoms with Crippen molar-refractivity contribution < 1.29 is 4.74 Å². The number of nitrogens with two attached hydrogens (primary N) is 1. The standard InChI is InChI=1S/C14H12BrClN2O/c15-11-3-1-2-9(6-11)8-19-13-5-4-10(14(17)18)7-12(13)16/h1-7H,8H2,(H3,17,18). The Hall–Kier alpha value is -1.52. The van der Waals surface area contributed by atoms with Gasteiger partial charge in [0.25, 0.3) is 0 Å². The number of ether oxygens (including phenoxy) is 1. The molecule has 0 fully saturated rings. The minimum Gasteiger partial charge on any atom is -0.487 e.